The molecule has 1 aliphatic heterocycles. The van der Waals surface area contributed by atoms with Gasteiger partial charge in [0, 0.05) is 26.2 Å². The molecule has 4 rings (SSSR count). The van der Waals surface area contributed by atoms with Gasteiger partial charge in [0.05, 0.1) is 17.2 Å². The summed E-state index contributed by atoms with van der Waals surface area (Å²) in [5.74, 6) is 1.86. The normalized spacial score (nSPS) is 14.2. The summed E-state index contributed by atoms with van der Waals surface area (Å²) in [5, 5.41) is 11.5. The van der Waals surface area contributed by atoms with Gasteiger partial charge in [-0.15, -0.1) is 5.10 Å². The maximum atomic E-state index is 11.5. The van der Waals surface area contributed by atoms with Crippen LogP contribution in [0.2, 0.25) is 0 Å². The minimum Gasteiger partial charge on any atom is -0.339 e. The number of nitrogens with zero attached hydrogens (tertiary/aromatic N) is 5. The lowest BCUT2D eigenvalue weighted by Gasteiger charge is -2.25. The Hall–Kier alpha value is -3.35. The molecule has 0 saturated carbocycles. The van der Waals surface area contributed by atoms with Crippen LogP contribution >= 0.6 is 0 Å². The lowest BCUT2D eigenvalue weighted by molar-refractivity contribution is -0.128. The third-order valence-electron chi connectivity index (χ3n) is 5.16. The third kappa shape index (κ3) is 4.23. The van der Waals surface area contributed by atoms with Gasteiger partial charge in [-0.25, -0.2) is 4.98 Å². The Morgan fingerprint density at radius 3 is 2.72 bits per heavy atom. The fourth-order valence-corrected chi connectivity index (χ4v) is 3.36. The van der Waals surface area contributed by atoms with Crippen LogP contribution in [0, 0.1) is 0 Å². The molecule has 0 saturated heterocycles. The van der Waals surface area contributed by atoms with Gasteiger partial charge in [0.25, 0.3) is 0 Å². The van der Waals surface area contributed by atoms with E-state index in [1.54, 1.807) is 13.1 Å². The van der Waals surface area contributed by atoms with Crippen LogP contribution in [0.3, 0.4) is 0 Å². The van der Waals surface area contributed by atoms with Gasteiger partial charge in [0.15, 0.2) is 5.82 Å². The van der Waals surface area contributed by atoms with Crippen molar-refractivity contribution in [2.45, 2.75) is 33.1 Å². The number of anilines is 2. The van der Waals surface area contributed by atoms with Crippen molar-refractivity contribution >= 4 is 34.1 Å². The van der Waals surface area contributed by atoms with Crippen LogP contribution in [0.4, 0.5) is 11.6 Å². The number of hydrogen-bond acceptors (Lipinski definition) is 6. The van der Waals surface area contributed by atoms with E-state index in [1.807, 2.05) is 29.3 Å². The molecule has 3 aromatic heterocycles. The van der Waals surface area contributed by atoms with E-state index in [2.05, 4.69) is 46.5 Å². The number of aromatic nitrogens is 4. The molecule has 1 aliphatic rings. The van der Waals surface area contributed by atoms with Crippen LogP contribution in [0.5, 0.6) is 0 Å². The van der Waals surface area contributed by atoms with Crippen molar-refractivity contribution in [1.29, 1.82) is 0 Å². The van der Waals surface area contributed by atoms with Crippen LogP contribution in [-0.2, 0) is 4.79 Å². The summed E-state index contributed by atoms with van der Waals surface area (Å²) in [6, 6.07) is 7.88. The number of rotatable bonds is 4. The van der Waals surface area contributed by atoms with E-state index in [0.717, 1.165) is 35.1 Å². The highest BCUT2D eigenvalue weighted by Gasteiger charge is 2.15. The van der Waals surface area contributed by atoms with E-state index in [-0.39, 0.29) is 5.91 Å². The quantitative estimate of drug-likeness (QED) is 0.729. The molecule has 1 amide bonds. The number of nitrogens with one attached hydrogen (secondary N) is 1. The molecule has 0 aliphatic carbocycles. The molecular weight excluding hydrogens is 364 g/mol. The molecule has 0 spiro atoms. The summed E-state index contributed by atoms with van der Waals surface area (Å²) < 4.78 is 0. The number of carbonyl (C=O) groups is 1. The van der Waals surface area contributed by atoms with Crippen LogP contribution in [0.25, 0.3) is 16.6 Å². The SMILES string of the molecule is CC(=O)N1CC=C(c2cnc3ccc(Nc4cc(C(C)C)cnn4)nc3c2)CC1. The van der Waals surface area contributed by atoms with Crippen molar-refractivity contribution in [2.24, 2.45) is 0 Å². The Morgan fingerprint density at radius 2 is 2.00 bits per heavy atom. The first kappa shape index (κ1) is 19.0. The minimum absolute atomic E-state index is 0.110. The Labute approximate surface area is 169 Å². The van der Waals surface area contributed by atoms with Crippen molar-refractivity contribution < 1.29 is 4.79 Å². The predicted octanol–water partition coefficient (Wildman–Crippen LogP) is 3.92. The Bertz CT molecular complexity index is 1090. The predicted molar refractivity (Wildman–Crippen MR) is 114 cm³/mol. The van der Waals surface area contributed by atoms with E-state index < -0.39 is 0 Å². The van der Waals surface area contributed by atoms with E-state index in [4.69, 9.17) is 4.98 Å². The van der Waals surface area contributed by atoms with E-state index >= 15 is 0 Å². The van der Waals surface area contributed by atoms with E-state index in [1.165, 1.54) is 5.57 Å². The zero-order valence-corrected chi connectivity index (χ0v) is 16.9. The van der Waals surface area contributed by atoms with Gasteiger partial charge in [0.1, 0.15) is 5.82 Å². The summed E-state index contributed by atoms with van der Waals surface area (Å²) in [7, 11) is 0. The number of fused-ring (bicyclic) bond motifs is 1. The second-order valence-corrected chi connectivity index (χ2v) is 7.56. The molecule has 7 heteroatoms. The number of amides is 1. The second-order valence-electron chi connectivity index (χ2n) is 7.56. The molecule has 7 nitrogen and oxygen atoms in total. The molecule has 0 fully saturated rings. The van der Waals surface area contributed by atoms with Gasteiger partial charge in [0.2, 0.25) is 5.91 Å². The monoisotopic (exact) mass is 388 g/mol. The molecule has 148 valence electrons. The van der Waals surface area contributed by atoms with Crippen LogP contribution in [0.1, 0.15) is 44.2 Å². The Kier molecular flexibility index (Phi) is 5.20. The molecule has 0 radical (unpaired) electrons. The topological polar surface area (TPSA) is 83.9 Å². The number of pyridine rings is 2. The number of hydrogen-bond donors (Lipinski definition) is 1. The highest BCUT2D eigenvalue weighted by molar-refractivity contribution is 5.82. The van der Waals surface area contributed by atoms with Crippen LogP contribution in [0.15, 0.2) is 42.7 Å². The average molecular weight is 388 g/mol. The van der Waals surface area contributed by atoms with E-state index in [0.29, 0.717) is 24.1 Å². The highest BCUT2D eigenvalue weighted by Crippen LogP contribution is 2.25. The van der Waals surface area contributed by atoms with Gasteiger partial charge in [-0.05, 0) is 53.3 Å². The summed E-state index contributed by atoms with van der Waals surface area (Å²) in [4.78, 5) is 22.6. The highest BCUT2D eigenvalue weighted by atomic mass is 16.2. The molecule has 29 heavy (non-hydrogen) atoms. The lowest BCUT2D eigenvalue weighted by atomic mass is 10.0. The summed E-state index contributed by atoms with van der Waals surface area (Å²) in [6.45, 7) is 7.23. The first-order valence-electron chi connectivity index (χ1n) is 9.81. The van der Waals surface area contributed by atoms with Crippen molar-refractivity contribution in [3.8, 4) is 0 Å². The second kappa shape index (κ2) is 7.95. The van der Waals surface area contributed by atoms with Crippen molar-refractivity contribution in [1.82, 2.24) is 25.1 Å². The first-order valence-corrected chi connectivity index (χ1v) is 9.81. The van der Waals surface area contributed by atoms with Gasteiger partial charge < -0.3 is 10.2 Å². The molecule has 4 heterocycles. The average Bonchev–Trinajstić information content (AvgIpc) is 2.73. The van der Waals surface area contributed by atoms with Crippen molar-refractivity contribution in [2.75, 3.05) is 18.4 Å². The fraction of sp³-hybridized carbons (Fsp3) is 0.318. The standard InChI is InChI=1S/C22H24N6O/c1-14(2)17-11-22(27-24-13-17)26-21-5-4-19-20(25-21)10-18(12-23-19)16-6-8-28(9-7-16)15(3)29/h4-6,10-14H,7-9H2,1-3H3,(H,25,26,27). The zero-order chi connectivity index (χ0) is 20.4. The van der Waals surface area contributed by atoms with Gasteiger partial charge >= 0.3 is 0 Å². The molecular formula is C22H24N6O. The Morgan fingerprint density at radius 1 is 1.14 bits per heavy atom. The summed E-state index contributed by atoms with van der Waals surface area (Å²) in [5.41, 5.74) is 5.02. The van der Waals surface area contributed by atoms with Crippen molar-refractivity contribution in [3.05, 3.63) is 53.9 Å². The van der Waals surface area contributed by atoms with Crippen molar-refractivity contribution in [3.63, 3.8) is 0 Å². The molecule has 0 bridgehead atoms. The van der Waals surface area contributed by atoms with Gasteiger partial charge in [-0.1, -0.05) is 19.9 Å². The fourth-order valence-electron chi connectivity index (χ4n) is 3.36. The van der Waals surface area contributed by atoms with Crippen LogP contribution < -0.4 is 5.32 Å². The smallest absolute Gasteiger partial charge is 0.219 e. The van der Waals surface area contributed by atoms with Crippen LogP contribution in [-0.4, -0.2) is 44.1 Å². The third-order valence-corrected chi connectivity index (χ3v) is 5.16. The zero-order valence-electron chi connectivity index (χ0n) is 16.9. The summed E-state index contributed by atoms with van der Waals surface area (Å²) >= 11 is 0. The minimum atomic E-state index is 0.110. The molecule has 1 N–H and O–H groups in total. The maximum absolute atomic E-state index is 11.5. The molecule has 3 aromatic rings. The molecule has 0 unspecified atom stereocenters. The molecule has 0 atom stereocenters. The van der Waals surface area contributed by atoms with Gasteiger partial charge in [-0.2, -0.15) is 5.10 Å². The first-order chi connectivity index (χ1) is 14.0. The Balaban J connectivity index is 1.59. The van der Waals surface area contributed by atoms with E-state index in [9.17, 15) is 4.79 Å². The lowest BCUT2D eigenvalue weighted by Crippen LogP contribution is -2.32. The number of carbonyl (C=O) groups excluding carboxylic acids is 1. The molecule has 0 aromatic carbocycles. The summed E-state index contributed by atoms with van der Waals surface area (Å²) in [6.07, 6.45) is 6.58. The largest absolute Gasteiger partial charge is 0.339 e. The van der Waals surface area contributed by atoms with Gasteiger partial charge in [-0.3, -0.25) is 9.78 Å². The maximum Gasteiger partial charge on any atom is 0.219 e.